The average Bonchev–Trinajstić information content (AvgIpc) is 2.97. The number of hydrogen-bond donors (Lipinski definition) is 2. The van der Waals surface area contributed by atoms with Gasteiger partial charge in [0.05, 0.1) is 28.3 Å². The summed E-state index contributed by atoms with van der Waals surface area (Å²) in [5, 5.41) is 3.39. The Balaban J connectivity index is 1.76. The summed E-state index contributed by atoms with van der Waals surface area (Å²) < 4.78 is 1.86. The third-order valence-corrected chi connectivity index (χ3v) is 4.97. The number of aromatic nitrogens is 3. The highest BCUT2D eigenvalue weighted by Crippen LogP contribution is 2.29. The predicted octanol–water partition coefficient (Wildman–Crippen LogP) is 2.58. The summed E-state index contributed by atoms with van der Waals surface area (Å²) in [5.74, 6) is -0.462. The van der Waals surface area contributed by atoms with E-state index in [9.17, 15) is 9.59 Å². The molecule has 3 heterocycles. The van der Waals surface area contributed by atoms with Gasteiger partial charge in [0.25, 0.3) is 5.56 Å². The molecule has 0 radical (unpaired) electrons. The van der Waals surface area contributed by atoms with Crippen LogP contribution in [0.5, 0.6) is 0 Å². The van der Waals surface area contributed by atoms with Crippen LogP contribution in [0.25, 0.3) is 22.3 Å². The highest BCUT2D eigenvalue weighted by Gasteiger charge is 2.26. The molecular formula is C18H17ClN4O2. The van der Waals surface area contributed by atoms with Gasteiger partial charge in [-0.15, -0.1) is 0 Å². The van der Waals surface area contributed by atoms with Crippen molar-refractivity contribution in [2.75, 3.05) is 6.54 Å². The number of carbonyl (C=O) groups excluding carboxylic acids is 1. The maximum Gasteiger partial charge on any atom is 0.252 e. The fraction of sp³-hybridized carbons (Fsp3) is 0.278. The van der Waals surface area contributed by atoms with Crippen LogP contribution in [0.4, 0.5) is 0 Å². The van der Waals surface area contributed by atoms with Crippen LogP contribution in [0.15, 0.2) is 35.4 Å². The van der Waals surface area contributed by atoms with Crippen LogP contribution >= 0.6 is 11.6 Å². The number of amides is 1. The van der Waals surface area contributed by atoms with E-state index < -0.39 is 0 Å². The molecule has 1 unspecified atom stereocenters. The minimum Gasteiger partial charge on any atom is -0.356 e. The summed E-state index contributed by atoms with van der Waals surface area (Å²) in [6, 6.07) is 7.25. The molecule has 1 atom stereocenters. The fourth-order valence-electron chi connectivity index (χ4n) is 3.39. The molecule has 0 bridgehead atoms. The number of imidazole rings is 1. The zero-order valence-corrected chi connectivity index (χ0v) is 14.4. The SMILES string of the molecule is Cn1cnc2cc(-c3ccc(C4CCCNC4=O)c(=O)[nH]3)cc(Cl)c21. The van der Waals surface area contributed by atoms with E-state index in [1.807, 2.05) is 29.8 Å². The van der Waals surface area contributed by atoms with Gasteiger partial charge in [0.1, 0.15) is 0 Å². The van der Waals surface area contributed by atoms with E-state index in [0.717, 1.165) is 23.0 Å². The van der Waals surface area contributed by atoms with Crippen molar-refractivity contribution < 1.29 is 4.79 Å². The summed E-state index contributed by atoms with van der Waals surface area (Å²) in [4.78, 5) is 31.7. The van der Waals surface area contributed by atoms with E-state index in [1.54, 1.807) is 12.4 Å². The van der Waals surface area contributed by atoms with Crippen molar-refractivity contribution in [1.82, 2.24) is 19.9 Å². The number of halogens is 1. The Hall–Kier alpha value is -2.60. The van der Waals surface area contributed by atoms with E-state index in [2.05, 4.69) is 15.3 Å². The molecule has 3 aromatic rings. The molecule has 6 nitrogen and oxygen atoms in total. The summed E-state index contributed by atoms with van der Waals surface area (Å²) in [7, 11) is 1.88. The highest BCUT2D eigenvalue weighted by molar-refractivity contribution is 6.35. The largest absolute Gasteiger partial charge is 0.356 e. The second-order valence-electron chi connectivity index (χ2n) is 6.32. The molecule has 1 saturated heterocycles. The molecule has 0 saturated carbocycles. The first-order valence-electron chi connectivity index (χ1n) is 8.16. The Bertz CT molecular complexity index is 1040. The Morgan fingerprint density at radius 1 is 1.28 bits per heavy atom. The maximum atomic E-state index is 12.5. The summed E-state index contributed by atoms with van der Waals surface area (Å²) in [6.07, 6.45) is 3.28. The molecule has 7 heteroatoms. The summed E-state index contributed by atoms with van der Waals surface area (Å²) in [5.41, 5.74) is 3.32. The Labute approximate surface area is 148 Å². The van der Waals surface area contributed by atoms with E-state index in [0.29, 0.717) is 29.2 Å². The van der Waals surface area contributed by atoms with E-state index in [1.165, 1.54) is 0 Å². The molecule has 2 aromatic heterocycles. The number of rotatable bonds is 2. The van der Waals surface area contributed by atoms with Crippen molar-refractivity contribution in [3.63, 3.8) is 0 Å². The van der Waals surface area contributed by atoms with Crippen molar-refractivity contribution in [2.24, 2.45) is 7.05 Å². The molecule has 128 valence electrons. The Morgan fingerprint density at radius 3 is 2.88 bits per heavy atom. The standard InChI is InChI=1S/C18H17ClN4O2/c1-23-9-21-15-8-10(7-13(19)16(15)23)14-5-4-12(18(25)22-14)11-3-2-6-20-17(11)24/h4-5,7-9,11H,2-3,6H2,1H3,(H,20,24)(H,22,25). The second-order valence-corrected chi connectivity index (χ2v) is 6.73. The van der Waals surface area contributed by atoms with E-state index in [-0.39, 0.29) is 17.4 Å². The number of aryl methyl sites for hydroxylation is 1. The van der Waals surface area contributed by atoms with Gasteiger partial charge in [-0.1, -0.05) is 17.7 Å². The van der Waals surface area contributed by atoms with Crippen molar-refractivity contribution in [2.45, 2.75) is 18.8 Å². The van der Waals surface area contributed by atoms with Gasteiger partial charge in [-0.2, -0.15) is 0 Å². The molecule has 1 aliphatic rings. The number of pyridine rings is 1. The topological polar surface area (TPSA) is 79.8 Å². The summed E-state index contributed by atoms with van der Waals surface area (Å²) in [6.45, 7) is 0.675. The molecule has 1 aliphatic heterocycles. The zero-order valence-electron chi connectivity index (χ0n) is 13.7. The first-order chi connectivity index (χ1) is 12.0. The van der Waals surface area contributed by atoms with Crippen LogP contribution in [-0.4, -0.2) is 27.0 Å². The van der Waals surface area contributed by atoms with Crippen LogP contribution in [0, 0.1) is 0 Å². The molecular weight excluding hydrogens is 340 g/mol. The van der Waals surface area contributed by atoms with Gasteiger partial charge in [0.2, 0.25) is 5.91 Å². The van der Waals surface area contributed by atoms with Crippen LogP contribution in [0.2, 0.25) is 5.02 Å². The molecule has 1 fully saturated rings. The van der Waals surface area contributed by atoms with Gasteiger partial charge < -0.3 is 14.9 Å². The average molecular weight is 357 g/mol. The minimum absolute atomic E-state index is 0.0811. The van der Waals surface area contributed by atoms with Gasteiger partial charge >= 0.3 is 0 Å². The lowest BCUT2D eigenvalue weighted by atomic mass is 9.91. The van der Waals surface area contributed by atoms with Crippen LogP contribution < -0.4 is 10.9 Å². The molecule has 0 spiro atoms. The van der Waals surface area contributed by atoms with Gasteiger partial charge in [-0.3, -0.25) is 9.59 Å². The number of piperidine rings is 1. The quantitative estimate of drug-likeness (QED) is 0.740. The Morgan fingerprint density at radius 2 is 2.12 bits per heavy atom. The predicted molar refractivity (Wildman–Crippen MR) is 96.8 cm³/mol. The van der Waals surface area contributed by atoms with E-state index >= 15 is 0 Å². The molecule has 0 aliphatic carbocycles. The first kappa shape index (κ1) is 15.9. The van der Waals surface area contributed by atoms with Crippen LogP contribution in [0.1, 0.15) is 24.3 Å². The van der Waals surface area contributed by atoms with E-state index in [4.69, 9.17) is 11.6 Å². The second kappa shape index (κ2) is 6.04. The molecule has 1 amide bonds. The molecule has 4 rings (SSSR count). The number of nitrogens with zero attached hydrogens (tertiary/aromatic N) is 2. The minimum atomic E-state index is -0.381. The zero-order chi connectivity index (χ0) is 17.6. The van der Waals surface area contributed by atoms with Crippen LogP contribution in [0.3, 0.4) is 0 Å². The first-order valence-corrected chi connectivity index (χ1v) is 8.54. The number of nitrogens with one attached hydrogen (secondary N) is 2. The molecule has 1 aromatic carbocycles. The lowest BCUT2D eigenvalue weighted by Gasteiger charge is -2.21. The number of benzene rings is 1. The number of hydrogen-bond acceptors (Lipinski definition) is 3. The van der Waals surface area contributed by atoms with Crippen molar-refractivity contribution in [3.8, 4) is 11.3 Å². The highest BCUT2D eigenvalue weighted by atomic mass is 35.5. The smallest absolute Gasteiger partial charge is 0.252 e. The number of fused-ring (bicyclic) bond motifs is 1. The number of carbonyl (C=O) groups is 1. The summed E-state index contributed by atoms with van der Waals surface area (Å²) >= 11 is 6.36. The fourth-order valence-corrected chi connectivity index (χ4v) is 3.74. The molecule has 25 heavy (non-hydrogen) atoms. The third kappa shape index (κ3) is 2.72. The Kier molecular flexibility index (Phi) is 3.84. The lowest BCUT2D eigenvalue weighted by Crippen LogP contribution is -2.37. The van der Waals surface area contributed by atoms with Crippen LogP contribution in [-0.2, 0) is 11.8 Å². The third-order valence-electron chi connectivity index (χ3n) is 4.68. The van der Waals surface area contributed by atoms with Gasteiger partial charge in [0, 0.05) is 30.4 Å². The normalized spacial score (nSPS) is 17.7. The van der Waals surface area contributed by atoms with Gasteiger partial charge in [-0.25, -0.2) is 4.98 Å². The monoisotopic (exact) mass is 356 g/mol. The van der Waals surface area contributed by atoms with Crippen molar-refractivity contribution in [1.29, 1.82) is 0 Å². The van der Waals surface area contributed by atoms with Gasteiger partial charge in [0.15, 0.2) is 0 Å². The van der Waals surface area contributed by atoms with Crippen molar-refractivity contribution in [3.05, 3.63) is 51.5 Å². The lowest BCUT2D eigenvalue weighted by molar-refractivity contribution is -0.123. The number of H-pyrrole nitrogens is 1. The van der Waals surface area contributed by atoms with Crippen molar-refractivity contribution >= 4 is 28.5 Å². The van der Waals surface area contributed by atoms with Gasteiger partial charge in [-0.05, 0) is 31.0 Å². The molecule has 2 N–H and O–H groups in total. The number of aromatic amines is 1. The maximum absolute atomic E-state index is 12.5.